The maximum atomic E-state index is 12.6. The number of nitrogens with zero attached hydrogens (tertiary/aromatic N) is 2. The van der Waals surface area contributed by atoms with Gasteiger partial charge in [0.15, 0.2) is 0 Å². The van der Waals surface area contributed by atoms with Crippen LogP contribution < -0.4 is 5.32 Å². The summed E-state index contributed by atoms with van der Waals surface area (Å²) >= 11 is 0. The zero-order valence-corrected chi connectivity index (χ0v) is 15.4. The second-order valence-electron chi connectivity index (χ2n) is 7.01. The average Bonchev–Trinajstić information content (AvgIpc) is 3.43. The largest absolute Gasteiger partial charge is 0.383 e. The second kappa shape index (κ2) is 7.55. The first-order valence-electron chi connectivity index (χ1n) is 8.93. The van der Waals surface area contributed by atoms with E-state index in [1.54, 1.807) is 19.1 Å². The zero-order valence-electron chi connectivity index (χ0n) is 15.4. The number of benzene rings is 1. The van der Waals surface area contributed by atoms with Gasteiger partial charge in [-0.3, -0.25) is 19.3 Å². The van der Waals surface area contributed by atoms with Crippen molar-refractivity contribution >= 4 is 17.7 Å². The van der Waals surface area contributed by atoms with Crippen molar-refractivity contribution in [1.82, 2.24) is 15.1 Å². The maximum Gasteiger partial charge on any atom is 0.261 e. The molecule has 1 atom stereocenters. The highest BCUT2D eigenvalue weighted by Gasteiger charge is 2.38. The molecule has 0 spiro atoms. The Morgan fingerprint density at radius 2 is 2.00 bits per heavy atom. The Hall–Kier alpha value is -2.25. The Kier molecular flexibility index (Phi) is 5.38. The molecule has 2 aliphatic rings. The number of imide groups is 1. The Balaban J connectivity index is 1.66. The van der Waals surface area contributed by atoms with Gasteiger partial charge in [0, 0.05) is 31.8 Å². The highest BCUT2D eigenvalue weighted by molar-refractivity contribution is 6.22. The van der Waals surface area contributed by atoms with Crippen LogP contribution in [0.4, 0.5) is 0 Å². The number of nitrogens with one attached hydrogen (secondary N) is 1. The smallest absolute Gasteiger partial charge is 0.261 e. The lowest BCUT2D eigenvalue weighted by molar-refractivity contribution is 0.0497. The van der Waals surface area contributed by atoms with Gasteiger partial charge in [0.25, 0.3) is 17.7 Å². The molecule has 140 valence electrons. The number of fused-ring (bicyclic) bond motifs is 1. The molecule has 1 aromatic rings. The lowest BCUT2D eigenvalue weighted by Gasteiger charge is -2.21. The fraction of sp³-hybridized carbons (Fsp3) is 0.526. The molecule has 7 heteroatoms. The summed E-state index contributed by atoms with van der Waals surface area (Å²) in [6, 6.07) is 4.95. The van der Waals surface area contributed by atoms with Crippen molar-refractivity contribution in [1.29, 1.82) is 0 Å². The lowest BCUT2D eigenvalue weighted by atomic mass is 10.1. The zero-order chi connectivity index (χ0) is 18.8. The van der Waals surface area contributed by atoms with Gasteiger partial charge >= 0.3 is 0 Å². The topological polar surface area (TPSA) is 79.0 Å². The van der Waals surface area contributed by atoms with E-state index in [4.69, 9.17) is 4.74 Å². The van der Waals surface area contributed by atoms with E-state index in [-0.39, 0.29) is 35.9 Å². The number of rotatable bonds is 8. The highest BCUT2D eigenvalue weighted by Crippen LogP contribution is 2.26. The van der Waals surface area contributed by atoms with Crippen LogP contribution in [0.5, 0.6) is 0 Å². The monoisotopic (exact) mass is 359 g/mol. The number of ether oxygens (including phenoxy) is 1. The molecule has 1 unspecified atom stereocenters. The number of likely N-dealkylation sites (N-methyl/N-ethyl adjacent to an activating group) is 1. The Morgan fingerprint density at radius 1 is 1.31 bits per heavy atom. The predicted molar refractivity (Wildman–Crippen MR) is 96.3 cm³/mol. The third-order valence-electron chi connectivity index (χ3n) is 4.95. The predicted octanol–water partition coefficient (Wildman–Crippen LogP) is 1.14. The van der Waals surface area contributed by atoms with Crippen LogP contribution in [0.25, 0.3) is 0 Å². The van der Waals surface area contributed by atoms with Gasteiger partial charge in [-0.05, 0) is 45.0 Å². The van der Waals surface area contributed by atoms with E-state index >= 15 is 0 Å². The van der Waals surface area contributed by atoms with Crippen LogP contribution in [-0.2, 0) is 4.74 Å². The van der Waals surface area contributed by atoms with Crippen LogP contribution in [0, 0.1) is 0 Å². The van der Waals surface area contributed by atoms with E-state index in [1.165, 1.54) is 30.9 Å². The number of carbonyl (C=O) groups excluding carboxylic acids is 3. The van der Waals surface area contributed by atoms with Gasteiger partial charge in [-0.15, -0.1) is 0 Å². The molecule has 1 heterocycles. The van der Waals surface area contributed by atoms with E-state index in [0.29, 0.717) is 23.7 Å². The van der Waals surface area contributed by atoms with Crippen LogP contribution >= 0.6 is 0 Å². The molecule has 0 bridgehead atoms. The molecule has 7 nitrogen and oxygen atoms in total. The average molecular weight is 359 g/mol. The van der Waals surface area contributed by atoms with Crippen LogP contribution in [0.3, 0.4) is 0 Å². The number of methoxy groups -OCH3 is 1. The molecule has 1 N–H and O–H groups in total. The van der Waals surface area contributed by atoms with Gasteiger partial charge < -0.3 is 15.0 Å². The van der Waals surface area contributed by atoms with Crippen LogP contribution in [-0.4, -0.2) is 73.5 Å². The first-order chi connectivity index (χ1) is 12.4. The van der Waals surface area contributed by atoms with E-state index in [1.807, 2.05) is 0 Å². The van der Waals surface area contributed by atoms with Crippen LogP contribution in [0.2, 0.25) is 0 Å². The maximum absolute atomic E-state index is 12.6. The van der Waals surface area contributed by atoms with Crippen LogP contribution in [0.1, 0.15) is 50.8 Å². The summed E-state index contributed by atoms with van der Waals surface area (Å²) in [7, 11) is 3.58. The molecule has 3 amide bonds. The molecule has 26 heavy (non-hydrogen) atoms. The fourth-order valence-corrected chi connectivity index (χ4v) is 3.26. The summed E-state index contributed by atoms with van der Waals surface area (Å²) in [5.74, 6) is -0.953. The summed E-state index contributed by atoms with van der Waals surface area (Å²) in [5.41, 5.74) is 1.00. The van der Waals surface area contributed by atoms with Gasteiger partial charge in [0.2, 0.25) is 0 Å². The minimum atomic E-state index is -0.377. The van der Waals surface area contributed by atoms with Crippen molar-refractivity contribution in [2.75, 3.05) is 33.9 Å². The Labute approximate surface area is 153 Å². The van der Waals surface area contributed by atoms with E-state index in [0.717, 1.165) is 6.54 Å². The Bertz CT molecular complexity index is 729. The highest BCUT2D eigenvalue weighted by atomic mass is 16.5. The van der Waals surface area contributed by atoms with E-state index in [2.05, 4.69) is 17.3 Å². The molecule has 0 aromatic heterocycles. The molecule has 1 aromatic carbocycles. The van der Waals surface area contributed by atoms with Crippen LogP contribution in [0.15, 0.2) is 18.2 Å². The normalized spacial score (nSPS) is 17.6. The first kappa shape index (κ1) is 18.5. The molecular formula is C19H25N3O4. The van der Waals surface area contributed by atoms with Crippen molar-refractivity contribution in [3.63, 3.8) is 0 Å². The summed E-state index contributed by atoms with van der Waals surface area (Å²) in [6.45, 7) is 3.37. The molecule has 1 aliphatic carbocycles. The van der Waals surface area contributed by atoms with Gasteiger partial charge in [-0.1, -0.05) is 0 Å². The van der Waals surface area contributed by atoms with E-state index in [9.17, 15) is 14.4 Å². The van der Waals surface area contributed by atoms with Crippen molar-refractivity contribution in [3.8, 4) is 0 Å². The van der Waals surface area contributed by atoms with Gasteiger partial charge in [0.05, 0.1) is 23.8 Å². The lowest BCUT2D eigenvalue weighted by Crippen LogP contribution is -2.40. The second-order valence-corrected chi connectivity index (χ2v) is 7.01. The minimum absolute atomic E-state index is 0.236. The van der Waals surface area contributed by atoms with Crippen molar-refractivity contribution in [3.05, 3.63) is 34.9 Å². The van der Waals surface area contributed by atoms with Gasteiger partial charge in [-0.25, -0.2) is 0 Å². The van der Waals surface area contributed by atoms with Gasteiger partial charge in [0.1, 0.15) is 0 Å². The third-order valence-corrected chi connectivity index (χ3v) is 4.95. The standard InChI is InChI=1S/C19H25N3O4/c1-12(11-26-3)22-18(24)15-7-4-13(10-16(15)19(22)25)17(23)20-8-9-21(2)14-5-6-14/h4,7,10,12,14H,5-6,8-9,11H2,1-3H3,(H,20,23). The molecule has 1 fully saturated rings. The number of carbonyl (C=O) groups is 3. The summed E-state index contributed by atoms with van der Waals surface area (Å²) < 4.78 is 5.04. The van der Waals surface area contributed by atoms with E-state index < -0.39 is 0 Å². The SMILES string of the molecule is COCC(C)N1C(=O)c2ccc(C(=O)NCCN(C)C3CC3)cc2C1=O. The molecule has 3 rings (SSSR count). The number of hydrogen-bond acceptors (Lipinski definition) is 5. The first-order valence-corrected chi connectivity index (χ1v) is 8.93. The molecule has 1 saturated carbocycles. The molecule has 0 saturated heterocycles. The molecular weight excluding hydrogens is 334 g/mol. The Morgan fingerprint density at radius 3 is 2.65 bits per heavy atom. The fourth-order valence-electron chi connectivity index (χ4n) is 3.26. The quantitative estimate of drug-likeness (QED) is 0.704. The number of hydrogen-bond donors (Lipinski definition) is 1. The van der Waals surface area contributed by atoms with Crippen molar-refractivity contribution < 1.29 is 19.1 Å². The van der Waals surface area contributed by atoms with Gasteiger partial charge in [-0.2, -0.15) is 0 Å². The van der Waals surface area contributed by atoms with Crippen molar-refractivity contribution in [2.24, 2.45) is 0 Å². The molecule has 1 aliphatic heterocycles. The molecule has 0 radical (unpaired) electrons. The number of amides is 3. The summed E-state index contributed by atoms with van der Waals surface area (Å²) in [5, 5.41) is 2.87. The minimum Gasteiger partial charge on any atom is -0.383 e. The third kappa shape index (κ3) is 3.64. The summed E-state index contributed by atoms with van der Waals surface area (Å²) in [6.07, 6.45) is 2.45. The summed E-state index contributed by atoms with van der Waals surface area (Å²) in [4.78, 5) is 40.8. The van der Waals surface area contributed by atoms with Crippen molar-refractivity contribution in [2.45, 2.75) is 31.8 Å².